The van der Waals surface area contributed by atoms with Gasteiger partial charge >= 0.3 is 0 Å². The van der Waals surface area contributed by atoms with E-state index in [0.717, 1.165) is 32.4 Å². The van der Waals surface area contributed by atoms with Gasteiger partial charge in [-0.25, -0.2) is 0 Å². The first-order valence-corrected chi connectivity index (χ1v) is 7.00. The van der Waals surface area contributed by atoms with Crippen molar-refractivity contribution in [1.82, 2.24) is 15.2 Å². The summed E-state index contributed by atoms with van der Waals surface area (Å²) in [6, 6.07) is 3.95. The molecule has 1 aromatic rings. The van der Waals surface area contributed by atoms with E-state index in [-0.39, 0.29) is 11.4 Å². The number of carbonyl (C=O) groups is 1. The lowest BCUT2D eigenvalue weighted by molar-refractivity contribution is -0.134. The van der Waals surface area contributed by atoms with Gasteiger partial charge in [0.05, 0.1) is 5.54 Å². The molecule has 4 nitrogen and oxygen atoms in total. The molecule has 1 saturated heterocycles. The maximum absolute atomic E-state index is 12.4. The van der Waals surface area contributed by atoms with Crippen molar-refractivity contribution in [2.24, 2.45) is 0 Å². The first-order chi connectivity index (χ1) is 9.15. The standard InChI is InChI=1S/C15H23N3O/c1-15(12-16-2)8-3-11-18(15)14(19)5-4-13-6-9-17-10-7-13/h6-7,9-10,16H,3-5,8,11-12H2,1-2H3. The van der Waals surface area contributed by atoms with E-state index in [9.17, 15) is 4.79 Å². The third-order valence-corrected chi connectivity index (χ3v) is 3.98. The fraction of sp³-hybridized carbons (Fsp3) is 0.600. The van der Waals surface area contributed by atoms with Crippen LogP contribution in [-0.4, -0.2) is 41.5 Å². The van der Waals surface area contributed by atoms with Crippen LogP contribution in [0.4, 0.5) is 0 Å². The van der Waals surface area contributed by atoms with Crippen molar-refractivity contribution < 1.29 is 4.79 Å². The number of hydrogen-bond donors (Lipinski definition) is 1. The van der Waals surface area contributed by atoms with E-state index in [1.165, 1.54) is 5.56 Å². The number of nitrogens with one attached hydrogen (secondary N) is 1. The molecule has 2 heterocycles. The average molecular weight is 261 g/mol. The highest BCUT2D eigenvalue weighted by molar-refractivity contribution is 5.77. The van der Waals surface area contributed by atoms with Crippen LogP contribution in [-0.2, 0) is 11.2 Å². The summed E-state index contributed by atoms with van der Waals surface area (Å²) in [5.41, 5.74) is 1.17. The Morgan fingerprint density at radius 3 is 2.89 bits per heavy atom. The molecule has 1 unspecified atom stereocenters. The van der Waals surface area contributed by atoms with Crippen LogP contribution in [0.3, 0.4) is 0 Å². The van der Waals surface area contributed by atoms with E-state index in [1.807, 2.05) is 19.2 Å². The molecule has 0 bridgehead atoms. The number of pyridine rings is 1. The maximum Gasteiger partial charge on any atom is 0.223 e. The molecule has 0 aliphatic carbocycles. The Morgan fingerprint density at radius 1 is 1.47 bits per heavy atom. The molecule has 0 spiro atoms. The van der Waals surface area contributed by atoms with Gasteiger partial charge in [-0.2, -0.15) is 0 Å². The van der Waals surface area contributed by atoms with Crippen LogP contribution in [0.15, 0.2) is 24.5 Å². The number of nitrogens with zero attached hydrogens (tertiary/aromatic N) is 2. The summed E-state index contributed by atoms with van der Waals surface area (Å²) >= 11 is 0. The molecule has 0 aromatic carbocycles. The number of likely N-dealkylation sites (N-methyl/N-ethyl adjacent to an activating group) is 1. The van der Waals surface area contributed by atoms with Gasteiger partial charge in [-0.1, -0.05) is 0 Å². The number of carbonyl (C=O) groups excluding carboxylic acids is 1. The van der Waals surface area contributed by atoms with Crippen molar-refractivity contribution in [2.45, 2.75) is 38.1 Å². The maximum atomic E-state index is 12.4. The highest BCUT2D eigenvalue weighted by atomic mass is 16.2. The monoisotopic (exact) mass is 261 g/mol. The van der Waals surface area contributed by atoms with Crippen LogP contribution in [0.1, 0.15) is 31.7 Å². The average Bonchev–Trinajstić information content (AvgIpc) is 2.79. The zero-order valence-corrected chi connectivity index (χ0v) is 11.9. The van der Waals surface area contributed by atoms with Gasteiger partial charge in [0.25, 0.3) is 0 Å². The van der Waals surface area contributed by atoms with E-state index >= 15 is 0 Å². The van der Waals surface area contributed by atoms with Crippen LogP contribution in [0.5, 0.6) is 0 Å². The SMILES string of the molecule is CNCC1(C)CCCN1C(=O)CCc1ccncc1. The van der Waals surface area contributed by atoms with Gasteiger partial charge in [0.15, 0.2) is 0 Å². The van der Waals surface area contributed by atoms with Gasteiger partial charge < -0.3 is 10.2 Å². The van der Waals surface area contributed by atoms with Crippen LogP contribution in [0.2, 0.25) is 0 Å². The van der Waals surface area contributed by atoms with E-state index < -0.39 is 0 Å². The summed E-state index contributed by atoms with van der Waals surface area (Å²) < 4.78 is 0. The van der Waals surface area contributed by atoms with Crippen LogP contribution in [0, 0.1) is 0 Å². The largest absolute Gasteiger partial charge is 0.336 e. The number of aryl methyl sites for hydroxylation is 1. The second-order valence-corrected chi connectivity index (χ2v) is 5.53. The quantitative estimate of drug-likeness (QED) is 0.876. The lowest BCUT2D eigenvalue weighted by atomic mass is 9.98. The van der Waals surface area contributed by atoms with Crippen LogP contribution >= 0.6 is 0 Å². The van der Waals surface area contributed by atoms with Gasteiger partial charge in [0.2, 0.25) is 5.91 Å². The topological polar surface area (TPSA) is 45.2 Å². The Morgan fingerprint density at radius 2 is 2.21 bits per heavy atom. The highest BCUT2D eigenvalue weighted by Gasteiger charge is 2.38. The van der Waals surface area contributed by atoms with E-state index in [0.29, 0.717) is 6.42 Å². The predicted molar refractivity (Wildman–Crippen MR) is 75.8 cm³/mol. The van der Waals surface area contributed by atoms with Crippen LogP contribution < -0.4 is 5.32 Å². The molecule has 1 amide bonds. The molecule has 1 aromatic heterocycles. The molecule has 0 radical (unpaired) electrons. The smallest absolute Gasteiger partial charge is 0.223 e. The molecular weight excluding hydrogens is 238 g/mol. The number of hydrogen-bond acceptors (Lipinski definition) is 3. The molecule has 1 atom stereocenters. The van der Waals surface area contributed by atoms with E-state index in [2.05, 4.69) is 22.1 Å². The lowest BCUT2D eigenvalue weighted by Gasteiger charge is -2.35. The van der Waals surface area contributed by atoms with Gasteiger partial charge in [0, 0.05) is 31.9 Å². The molecule has 1 aliphatic rings. The summed E-state index contributed by atoms with van der Waals surface area (Å²) in [7, 11) is 1.95. The minimum atomic E-state index is -0.00984. The van der Waals surface area contributed by atoms with Crippen molar-refractivity contribution in [3.8, 4) is 0 Å². The van der Waals surface area contributed by atoms with Crippen molar-refractivity contribution in [1.29, 1.82) is 0 Å². The van der Waals surface area contributed by atoms with Crippen molar-refractivity contribution in [3.05, 3.63) is 30.1 Å². The Kier molecular flexibility index (Phi) is 4.53. The fourth-order valence-electron chi connectivity index (χ4n) is 2.95. The summed E-state index contributed by atoms with van der Waals surface area (Å²) in [5.74, 6) is 0.270. The minimum absolute atomic E-state index is 0.00984. The molecule has 2 rings (SSSR count). The van der Waals surface area contributed by atoms with Gasteiger partial charge in [-0.05, 0) is 50.9 Å². The lowest BCUT2D eigenvalue weighted by Crippen LogP contribution is -2.50. The van der Waals surface area contributed by atoms with Crippen molar-refractivity contribution in [3.63, 3.8) is 0 Å². The second-order valence-electron chi connectivity index (χ2n) is 5.53. The fourth-order valence-corrected chi connectivity index (χ4v) is 2.95. The zero-order valence-electron chi connectivity index (χ0n) is 11.9. The summed E-state index contributed by atoms with van der Waals surface area (Å²) in [6.45, 7) is 3.95. The Bertz CT molecular complexity index is 421. The molecule has 1 fully saturated rings. The summed E-state index contributed by atoms with van der Waals surface area (Å²) in [6.07, 6.45) is 7.15. The third-order valence-electron chi connectivity index (χ3n) is 3.98. The molecule has 4 heteroatoms. The molecule has 0 saturated carbocycles. The summed E-state index contributed by atoms with van der Waals surface area (Å²) in [4.78, 5) is 18.4. The van der Waals surface area contributed by atoms with Crippen LogP contribution in [0.25, 0.3) is 0 Å². The Balaban J connectivity index is 1.92. The third kappa shape index (κ3) is 3.32. The minimum Gasteiger partial charge on any atom is -0.336 e. The van der Waals surface area contributed by atoms with Gasteiger partial charge in [-0.15, -0.1) is 0 Å². The van der Waals surface area contributed by atoms with Gasteiger partial charge in [0.1, 0.15) is 0 Å². The predicted octanol–water partition coefficient (Wildman–Crippen LogP) is 1.61. The number of rotatable bonds is 5. The molecule has 19 heavy (non-hydrogen) atoms. The Labute approximate surface area is 115 Å². The van der Waals surface area contributed by atoms with Gasteiger partial charge in [-0.3, -0.25) is 9.78 Å². The molecular formula is C15H23N3O. The molecule has 104 valence electrons. The normalized spacial score (nSPS) is 22.7. The first-order valence-electron chi connectivity index (χ1n) is 7.00. The summed E-state index contributed by atoms with van der Waals surface area (Å²) in [5, 5.41) is 3.21. The number of aromatic nitrogens is 1. The molecule has 1 N–H and O–H groups in total. The Hall–Kier alpha value is -1.42. The number of amides is 1. The van der Waals surface area contributed by atoms with E-state index in [4.69, 9.17) is 0 Å². The highest BCUT2D eigenvalue weighted by Crippen LogP contribution is 2.29. The van der Waals surface area contributed by atoms with Crippen molar-refractivity contribution >= 4 is 5.91 Å². The van der Waals surface area contributed by atoms with E-state index in [1.54, 1.807) is 12.4 Å². The first kappa shape index (κ1) is 14.0. The second kappa shape index (κ2) is 6.15. The van der Waals surface area contributed by atoms with Crippen molar-refractivity contribution in [2.75, 3.05) is 20.1 Å². The molecule has 1 aliphatic heterocycles. The zero-order chi connectivity index (χ0) is 13.7. The number of likely N-dealkylation sites (tertiary alicyclic amines) is 1.